The second kappa shape index (κ2) is 12.6. The van der Waals surface area contributed by atoms with E-state index in [4.69, 9.17) is 9.84 Å². The van der Waals surface area contributed by atoms with Crippen LogP contribution in [0.4, 0.5) is 0 Å². The molecule has 1 aromatic carbocycles. The molecule has 11 nitrogen and oxygen atoms in total. The van der Waals surface area contributed by atoms with Crippen LogP contribution in [0.2, 0.25) is 0 Å². The zero-order valence-corrected chi connectivity index (χ0v) is 20.9. The minimum absolute atomic E-state index is 0.184. The predicted molar refractivity (Wildman–Crippen MR) is 130 cm³/mol. The Bertz CT molecular complexity index is 1080. The number of carbonyl (C=O) groups excluding carboxylic acids is 3. The summed E-state index contributed by atoms with van der Waals surface area (Å²) < 4.78 is 5.33. The molecular formula is C24H30N4O7S. The molecular weight excluding hydrogens is 488 g/mol. The van der Waals surface area contributed by atoms with Gasteiger partial charge >= 0.3 is 5.97 Å². The first-order valence-electron chi connectivity index (χ1n) is 11.5. The second-order valence-electron chi connectivity index (χ2n) is 8.52. The number of benzene rings is 1. The number of rotatable bonds is 12. The van der Waals surface area contributed by atoms with Crippen molar-refractivity contribution in [3.05, 3.63) is 45.9 Å². The third-order valence-corrected chi connectivity index (χ3v) is 6.75. The van der Waals surface area contributed by atoms with Crippen LogP contribution in [0, 0.1) is 6.92 Å². The molecule has 12 heteroatoms. The average Bonchev–Trinajstić information content (AvgIpc) is 3.55. The van der Waals surface area contributed by atoms with E-state index in [1.807, 2.05) is 0 Å². The number of likely N-dealkylation sites (tertiary alicyclic amines) is 1. The molecule has 1 unspecified atom stereocenters. The molecule has 1 aliphatic heterocycles. The van der Waals surface area contributed by atoms with Gasteiger partial charge in [0.2, 0.25) is 11.8 Å². The number of aromatic nitrogens is 1. The summed E-state index contributed by atoms with van der Waals surface area (Å²) in [5, 5.41) is 27.1. The molecule has 1 saturated heterocycles. The molecule has 36 heavy (non-hydrogen) atoms. The summed E-state index contributed by atoms with van der Waals surface area (Å²) >= 11 is 1.38. The summed E-state index contributed by atoms with van der Waals surface area (Å²) in [5.74, 6) is -1.61. The number of aliphatic hydroxyl groups excluding tert-OH is 1. The predicted octanol–water partition coefficient (Wildman–Crippen LogP) is 0.801. The molecule has 0 radical (unpaired) electrons. The Morgan fingerprint density at radius 1 is 1.36 bits per heavy atom. The third kappa shape index (κ3) is 6.65. The summed E-state index contributed by atoms with van der Waals surface area (Å²) in [6, 6.07) is 2.30. The highest BCUT2D eigenvalue weighted by Gasteiger charge is 2.38. The lowest BCUT2D eigenvalue weighted by Crippen LogP contribution is -2.55. The maximum atomic E-state index is 13.7. The molecule has 194 valence electrons. The van der Waals surface area contributed by atoms with Crippen molar-refractivity contribution in [2.45, 2.75) is 57.0 Å². The number of nitrogens with zero attached hydrogens (tertiary/aromatic N) is 2. The average molecular weight is 519 g/mol. The number of nitrogens with one attached hydrogen (secondary N) is 2. The Labute approximate surface area is 212 Å². The van der Waals surface area contributed by atoms with Crippen molar-refractivity contribution in [3.63, 3.8) is 0 Å². The van der Waals surface area contributed by atoms with Gasteiger partial charge in [0.05, 0.1) is 36.8 Å². The smallest absolute Gasteiger partial charge is 0.305 e. The first-order chi connectivity index (χ1) is 17.2. The van der Waals surface area contributed by atoms with Gasteiger partial charge in [0, 0.05) is 23.9 Å². The Morgan fingerprint density at radius 3 is 2.78 bits per heavy atom. The van der Waals surface area contributed by atoms with Gasteiger partial charge in [0.15, 0.2) is 0 Å². The van der Waals surface area contributed by atoms with Gasteiger partial charge in [-0.25, -0.2) is 4.98 Å². The molecule has 0 spiro atoms. The number of aliphatic hydroxyl groups is 1. The molecule has 2 heterocycles. The quantitative estimate of drug-likeness (QED) is 0.236. The lowest BCUT2D eigenvalue weighted by Gasteiger charge is -2.30. The number of amides is 2. The number of ether oxygens (including phenoxy) is 1. The zero-order valence-electron chi connectivity index (χ0n) is 20.0. The Kier molecular flexibility index (Phi) is 9.51. The molecule has 2 aromatic rings. The molecule has 1 aromatic heterocycles. The molecule has 4 N–H and O–H groups in total. The molecule has 1 fully saturated rings. The molecule has 2 amide bonds. The fourth-order valence-electron chi connectivity index (χ4n) is 4.30. The van der Waals surface area contributed by atoms with E-state index in [-0.39, 0.29) is 6.42 Å². The van der Waals surface area contributed by atoms with Crippen molar-refractivity contribution in [3.8, 4) is 5.75 Å². The summed E-state index contributed by atoms with van der Waals surface area (Å²) in [7, 11) is 1.53. The molecule has 4 atom stereocenters. The zero-order chi connectivity index (χ0) is 26.2. The van der Waals surface area contributed by atoms with E-state index >= 15 is 0 Å². The number of carboxylic acids is 1. The van der Waals surface area contributed by atoms with Crippen LogP contribution in [0.5, 0.6) is 5.75 Å². The number of hydrogen-bond acceptors (Lipinski definition) is 9. The van der Waals surface area contributed by atoms with Gasteiger partial charge in [-0.1, -0.05) is 12.1 Å². The lowest BCUT2D eigenvalue weighted by molar-refractivity contribution is -0.142. The van der Waals surface area contributed by atoms with Crippen LogP contribution in [-0.4, -0.2) is 75.9 Å². The van der Waals surface area contributed by atoms with E-state index < -0.39 is 48.6 Å². The maximum absolute atomic E-state index is 13.7. The van der Waals surface area contributed by atoms with E-state index in [1.165, 1.54) is 23.3 Å². The summed E-state index contributed by atoms with van der Waals surface area (Å²) in [6.07, 6.45) is -0.254. The van der Waals surface area contributed by atoms with Gasteiger partial charge in [-0.15, -0.1) is 11.3 Å². The summed E-state index contributed by atoms with van der Waals surface area (Å²) in [4.78, 5) is 54.3. The van der Waals surface area contributed by atoms with Crippen LogP contribution in [-0.2, 0) is 25.6 Å². The van der Waals surface area contributed by atoms with Gasteiger partial charge in [-0.3, -0.25) is 19.7 Å². The second-order valence-corrected chi connectivity index (χ2v) is 9.24. The highest BCUT2D eigenvalue weighted by Crippen LogP contribution is 2.26. The highest BCUT2D eigenvalue weighted by atomic mass is 32.1. The molecule has 1 aliphatic rings. The lowest BCUT2D eigenvalue weighted by atomic mass is 10.0. The first kappa shape index (κ1) is 27.2. The number of hydrogen-bond donors (Lipinski definition) is 4. The number of thiazole rings is 1. The topological polar surface area (TPSA) is 158 Å². The van der Waals surface area contributed by atoms with Crippen LogP contribution in [0.15, 0.2) is 29.1 Å². The maximum Gasteiger partial charge on any atom is 0.305 e. The fourth-order valence-corrected chi connectivity index (χ4v) is 4.87. The van der Waals surface area contributed by atoms with E-state index in [9.17, 15) is 24.3 Å². The van der Waals surface area contributed by atoms with Gasteiger partial charge in [0.25, 0.3) is 0 Å². The first-order valence-corrected chi connectivity index (χ1v) is 12.4. The number of aliphatic carboxylic acids is 1. The van der Waals surface area contributed by atoms with Crippen LogP contribution >= 0.6 is 11.3 Å². The largest absolute Gasteiger partial charge is 0.496 e. The van der Waals surface area contributed by atoms with Crippen molar-refractivity contribution in [2.24, 2.45) is 0 Å². The number of carboxylic acid groups (broad SMARTS) is 1. The van der Waals surface area contributed by atoms with Crippen molar-refractivity contribution >= 4 is 35.4 Å². The normalized spacial score (nSPS) is 17.8. The molecule has 0 bridgehead atoms. The fraction of sp³-hybridized carbons (Fsp3) is 0.458. The van der Waals surface area contributed by atoms with Crippen molar-refractivity contribution in [2.75, 3.05) is 13.7 Å². The van der Waals surface area contributed by atoms with Crippen LogP contribution in [0.3, 0.4) is 0 Å². The Balaban J connectivity index is 1.80. The van der Waals surface area contributed by atoms with Crippen molar-refractivity contribution < 1.29 is 34.1 Å². The van der Waals surface area contributed by atoms with E-state index in [0.29, 0.717) is 42.7 Å². The minimum Gasteiger partial charge on any atom is -0.496 e. The molecule has 0 aliphatic carbocycles. The van der Waals surface area contributed by atoms with Gasteiger partial charge in [-0.2, -0.15) is 0 Å². The van der Waals surface area contributed by atoms with Gasteiger partial charge in [-0.05, 0) is 31.4 Å². The van der Waals surface area contributed by atoms with E-state index in [1.54, 1.807) is 36.0 Å². The van der Waals surface area contributed by atoms with Gasteiger partial charge < -0.3 is 30.0 Å². The van der Waals surface area contributed by atoms with E-state index in [2.05, 4.69) is 15.6 Å². The van der Waals surface area contributed by atoms with Crippen molar-refractivity contribution in [1.82, 2.24) is 20.5 Å². The van der Waals surface area contributed by atoms with Gasteiger partial charge in [0.1, 0.15) is 24.3 Å². The highest BCUT2D eigenvalue weighted by molar-refractivity contribution is 7.07. The summed E-state index contributed by atoms with van der Waals surface area (Å²) in [6.45, 7) is 2.11. The third-order valence-electron chi connectivity index (χ3n) is 6.12. The summed E-state index contributed by atoms with van der Waals surface area (Å²) in [5.41, 5.74) is 3.57. The number of methoxy groups -OCH3 is 1. The standard InChI is InChI=1S/C24H30N4O7S/c1-14-17(5-3-7-20(14)35-2)22(32)27-18(9-16-12-36-13-25-16)24(34)28-8-4-6-19(28)23(33)26-15(11-29)10-21(30)31/h3,5,7,11-13,15,18-19,22,27,32H,4,6,8-10H2,1-2H3,(H,26,33)(H,30,31)/t15-,18-,19-,22?/m0/s1. The minimum atomic E-state index is -1.22. The Morgan fingerprint density at radius 2 is 2.14 bits per heavy atom. The number of carbonyl (C=O) groups is 4. The van der Waals surface area contributed by atoms with E-state index in [0.717, 1.165) is 5.56 Å². The number of aldehydes is 1. The Hall–Kier alpha value is -3.35. The van der Waals surface area contributed by atoms with Crippen molar-refractivity contribution in [1.29, 1.82) is 0 Å². The van der Waals surface area contributed by atoms with Crippen LogP contribution in [0.25, 0.3) is 0 Å². The van der Waals surface area contributed by atoms with Crippen LogP contribution in [0.1, 0.15) is 42.3 Å². The van der Waals surface area contributed by atoms with Crippen LogP contribution < -0.4 is 15.4 Å². The monoisotopic (exact) mass is 518 g/mol. The SMILES string of the molecule is COc1cccc(C(O)N[C@@H](Cc2cscn2)C(=O)N2CCC[C@H]2C(=O)N[C@H](C=O)CC(=O)O)c1C. The molecule has 3 rings (SSSR count). The molecule has 0 saturated carbocycles.